The molecule has 5 heteroatoms. The van der Waals surface area contributed by atoms with Gasteiger partial charge >= 0.3 is 12.0 Å². The Bertz CT molecular complexity index is 365. The number of carbonyl (C=O) groups excluding carboxylic acids is 1. The van der Waals surface area contributed by atoms with Crippen molar-refractivity contribution < 1.29 is 14.7 Å². The van der Waals surface area contributed by atoms with E-state index in [0.29, 0.717) is 12.1 Å². The minimum atomic E-state index is -1.09. The Morgan fingerprint density at radius 1 is 1.31 bits per heavy atom. The molecular formula is C11H14N2O3. The molecule has 1 aromatic rings. The standard InChI is InChI=1S/C11H14N2O3/c1-2-12-11(16)13-9(10(14)15)8-6-4-3-5-7-8/h3-7,9H,2H2,1H3,(H,14,15)(H2,12,13,16)/t9-/m0/s1. The van der Waals surface area contributed by atoms with Crippen molar-refractivity contribution in [3.8, 4) is 0 Å². The van der Waals surface area contributed by atoms with Crippen molar-refractivity contribution >= 4 is 12.0 Å². The maximum absolute atomic E-state index is 11.2. The highest BCUT2D eigenvalue weighted by Crippen LogP contribution is 2.12. The third kappa shape index (κ3) is 3.27. The zero-order valence-electron chi connectivity index (χ0n) is 8.93. The van der Waals surface area contributed by atoms with Gasteiger partial charge in [-0.05, 0) is 12.5 Å². The molecule has 3 N–H and O–H groups in total. The summed E-state index contributed by atoms with van der Waals surface area (Å²) in [5, 5.41) is 13.9. The lowest BCUT2D eigenvalue weighted by molar-refractivity contribution is -0.139. The molecule has 0 radical (unpaired) electrons. The van der Waals surface area contributed by atoms with Crippen LogP contribution in [-0.2, 0) is 4.79 Å². The van der Waals surface area contributed by atoms with E-state index in [4.69, 9.17) is 5.11 Å². The van der Waals surface area contributed by atoms with Crippen molar-refractivity contribution in [2.45, 2.75) is 13.0 Å². The molecule has 16 heavy (non-hydrogen) atoms. The summed E-state index contributed by atoms with van der Waals surface area (Å²) in [6, 6.07) is 7.05. The van der Waals surface area contributed by atoms with E-state index in [9.17, 15) is 9.59 Å². The van der Waals surface area contributed by atoms with E-state index >= 15 is 0 Å². The molecule has 0 aromatic heterocycles. The summed E-state index contributed by atoms with van der Waals surface area (Å²) in [6.45, 7) is 2.21. The zero-order valence-corrected chi connectivity index (χ0v) is 8.93. The second-order valence-electron chi connectivity index (χ2n) is 3.19. The smallest absolute Gasteiger partial charge is 0.330 e. The largest absolute Gasteiger partial charge is 0.479 e. The SMILES string of the molecule is CCNC(=O)N[C@H](C(=O)O)c1ccccc1. The first kappa shape index (κ1) is 12.0. The molecule has 0 bridgehead atoms. The minimum Gasteiger partial charge on any atom is -0.479 e. The molecule has 0 saturated heterocycles. The molecular weight excluding hydrogens is 208 g/mol. The van der Waals surface area contributed by atoms with E-state index in [-0.39, 0.29) is 0 Å². The number of aliphatic carboxylic acids is 1. The Morgan fingerprint density at radius 3 is 2.44 bits per heavy atom. The van der Waals surface area contributed by atoms with Gasteiger partial charge in [-0.2, -0.15) is 0 Å². The van der Waals surface area contributed by atoms with Gasteiger partial charge in [0.25, 0.3) is 0 Å². The Morgan fingerprint density at radius 2 is 1.94 bits per heavy atom. The average Bonchev–Trinajstić information content (AvgIpc) is 2.27. The van der Waals surface area contributed by atoms with Gasteiger partial charge in [0.1, 0.15) is 0 Å². The lowest BCUT2D eigenvalue weighted by atomic mass is 10.1. The molecule has 0 aliphatic carbocycles. The van der Waals surface area contributed by atoms with Crippen molar-refractivity contribution in [1.29, 1.82) is 0 Å². The molecule has 0 unspecified atom stereocenters. The first-order chi connectivity index (χ1) is 7.65. The molecule has 0 heterocycles. The van der Waals surface area contributed by atoms with E-state index in [1.165, 1.54) is 0 Å². The summed E-state index contributed by atoms with van der Waals surface area (Å²) < 4.78 is 0. The number of carbonyl (C=O) groups is 2. The number of nitrogens with one attached hydrogen (secondary N) is 2. The highest BCUT2D eigenvalue weighted by Gasteiger charge is 2.21. The van der Waals surface area contributed by atoms with Crippen molar-refractivity contribution in [1.82, 2.24) is 10.6 Å². The van der Waals surface area contributed by atoms with Crippen LogP contribution >= 0.6 is 0 Å². The molecule has 2 amide bonds. The summed E-state index contributed by atoms with van der Waals surface area (Å²) in [7, 11) is 0. The molecule has 0 saturated carbocycles. The minimum absolute atomic E-state index is 0.451. The Balaban J connectivity index is 2.77. The fourth-order valence-electron chi connectivity index (χ4n) is 1.28. The molecule has 1 atom stereocenters. The summed E-state index contributed by atoms with van der Waals surface area (Å²) in [5.41, 5.74) is 0.543. The van der Waals surface area contributed by atoms with Crippen LogP contribution in [0, 0.1) is 0 Å². The molecule has 5 nitrogen and oxygen atoms in total. The second kappa shape index (κ2) is 5.75. The normalized spacial score (nSPS) is 11.6. The fourth-order valence-corrected chi connectivity index (χ4v) is 1.28. The van der Waals surface area contributed by atoms with Crippen molar-refractivity contribution in [2.75, 3.05) is 6.54 Å². The van der Waals surface area contributed by atoms with Gasteiger partial charge in [0.15, 0.2) is 6.04 Å². The highest BCUT2D eigenvalue weighted by atomic mass is 16.4. The quantitative estimate of drug-likeness (QED) is 0.714. The lowest BCUT2D eigenvalue weighted by Gasteiger charge is -2.14. The van der Waals surface area contributed by atoms with Crippen LogP contribution in [0.5, 0.6) is 0 Å². The summed E-state index contributed by atoms with van der Waals surface area (Å²) in [5.74, 6) is -1.09. The van der Waals surface area contributed by atoms with Gasteiger partial charge in [0.05, 0.1) is 0 Å². The van der Waals surface area contributed by atoms with Crippen LogP contribution in [0.4, 0.5) is 4.79 Å². The van der Waals surface area contributed by atoms with Crippen LogP contribution in [0.15, 0.2) is 30.3 Å². The lowest BCUT2D eigenvalue weighted by Crippen LogP contribution is -2.40. The zero-order chi connectivity index (χ0) is 12.0. The molecule has 86 valence electrons. The molecule has 1 aromatic carbocycles. The summed E-state index contributed by atoms with van der Waals surface area (Å²) in [6.07, 6.45) is 0. The predicted molar refractivity (Wildman–Crippen MR) is 59.0 cm³/mol. The van der Waals surface area contributed by atoms with Crippen LogP contribution < -0.4 is 10.6 Å². The van der Waals surface area contributed by atoms with Crippen molar-refractivity contribution in [3.05, 3.63) is 35.9 Å². The number of rotatable bonds is 4. The average molecular weight is 222 g/mol. The van der Waals surface area contributed by atoms with E-state index in [1.54, 1.807) is 37.3 Å². The number of urea groups is 1. The maximum atomic E-state index is 11.2. The Labute approximate surface area is 93.5 Å². The Kier molecular flexibility index (Phi) is 4.32. The molecule has 0 fully saturated rings. The van der Waals surface area contributed by atoms with Crippen molar-refractivity contribution in [3.63, 3.8) is 0 Å². The topological polar surface area (TPSA) is 78.4 Å². The number of carboxylic acid groups (broad SMARTS) is 1. The highest BCUT2D eigenvalue weighted by molar-refractivity contribution is 5.83. The van der Waals surface area contributed by atoms with E-state index in [1.807, 2.05) is 0 Å². The van der Waals surface area contributed by atoms with E-state index in [0.717, 1.165) is 0 Å². The number of benzene rings is 1. The predicted octanol–water partition coefficient (Wildman–Crippen LogP) is 1.13. The van der Waals surface area contributed by atoms with Crippen LogP contribution in [0.2, 0.25) is 0 Å². The van der Waals surface area contributed by atoms with Gasteiger partial charge in [0.2, 0.25) is 0 Å². The van der Waals surface area contributed by atoms with Gasteiger partial charge in [-0.1, -0.05) is 30.3 Å². The molecule has 0 aliphatic heterocycles. The van der Waals surface area contributed by atoms with Gasteiger partial charge in [0, 0.05) is 6.54 Å². The third-order valence-corrected chi connectivity index (χ3v) is 1.99. The number of hydrogen-bond acceptors (Lipinski definition) is 2. The maximum Gasteiger partial charge on any atom is 0.330 e. The first-order valence-corrected chi connectivity index (χ1v) is 4.97. The second-order valence-corrected chi connectivity index (χ2v) is 3.19. The van der Waals surface area contributed by atoms with Crippen LogP contribution in [0.1, 0.15) is 18.5 Å². The number of carboxylic acids is 1. The van der Waals surface area contributed by atoms with Crippen LogP contribution in [-0.4, -0.2) is 23.7 Å². The van der Waals surface area contributed by atoms with Gasteiger partial charge in [-0.25, -0.2) is 9.59 Å². The van der Waals surface area contributed by atoms with Crippen LogP contribution in [0.3, 0.4) is 0 Å². The van der Waals surface area contributed by atoms with Crippen LogP contribution in [0.25, 0.3) is 0 Å². The fraction of sp³-hybridized carbons (Fsp3) is 0.273. The molecule has 1 rings (SSSR count). The van der Waals surface area contributed by atoms with Gasteiger partial charge in [-0.15, -0.1) is 0 Å². The van der Waals surface area contributed by atoms with E-state index < -0.39 is 18.0 Å². The monoisotopic (exact) mass is 222 g/mol. The Hall–Kier alpha value is -2.04. The number of hydrogen-bond donors (Lipinski definition) is 3. The third-order valence-electron chi connectivity index (χ3n) is 1.99. The van der Waals surface area contributed by atoms with Gasteiger partial charge < -0.3 is 15.7 Å². The van der Waals surface area contributed by atoms with E-state index in [2.05, 4.69) is 10.6 Å². The summed E-state index contributed by atoms with van der Waals surface area (Å²) >= 11 is 0. The first-order valence-electron chi connectivity index (χ1n) is 4.97. The molecule has 0 spiro atoms. The van der Waals surface area contributed by atoms with Gasteiger partial charge in [-0.3, -0.25) is 0 Å². The molecule has 0 aliphatic rings. The summed E-state index contributed by atoms with van der Waals surface area (Å²) in [4.78, 5) is 22.2. The van der Waals surface area contributed by atoms with Crippen molar-refractivity contribution in [2.24, 2.45) is 0 Å². The number of amides is 2.